The number of sulfonamides is 1. The zero-order valence-corrected chi connectivity index (χ0v) is 15.1. The number of nitrogens with one attached hydrogen (secondary N) is 2. The molecule has 0 radical (unpaired) electrons. The van der Waals surface area contributed by atoms with Crippen LogP contribution in [0, 0.1) is 0 Å². The van der Waals surface area contributed by atoms with Gasteiger partial charge in [-0.15, -0.1) is 0 Å². The maximum Gasteiger partial charge on any atom is 0.326 e. The maximum atomic E-state index is 13.3. The van der Waals surface area contributed by atoms with Gasteiger partial charge < -0.3 is 9.40 Å². The average molecular weight is 398 g/mol. The SMILES string of the molecule is O=c1[nH]c(=O)c2cc(S(=O)(=O)N(Cc3ccco3)c3ccccn3)ccc2[nH]1. The van der Waals surface area contributed by atoms with Gasteiger partial charge in [0, 0.05) is 6.20 Å². The molecule has 10 heteroatoms. The number of fused-ring (bicyclic) bond motifs is 1. The summed E-state index contributed by atoms with van der Waals surface area (Å²) in [6.07, 6.45) is 2.93. The van der Waals surface area contributed by atoms with Crippen LogP contribution >= 0.6 is 0 Å². The summed E-state index contributed by atoms with van der Waals surface area (Å²) in [5.41, 5.74) is -1.10. The summed E-state index contributed by atoms with van der Waals surface area (Å²) < 4.78 is 33.1. The van der Waals surface area contributed by atoms with Crippen molar-refractivity contribution >= 4 is 26.7 Å². The molecule has 2 N–H and O–H groups in total. The van der Waals surface area contributed by atoms with E-state index < -0.39 is 21.3 Å². The first-order valence-corrected chi connectivity index (χ1v) is 9.62. The van der Waals surface area contributed by atoms with E-state index in [-0.39, 0.29) is 28.2 Å². The lowest BCUT2D eigenvalue weighted by atomic mass is 10.2. The van der Waals surface area contributed by atoms with Crippen molar-refractivity contribution in [1.29, 1.82) is 0 Å². The summed E-state index contributed by atoms with van der Waals surface area (Å²) in [6, 6.07) is 12.1. The van der Waals surface area contributed by atoms with Gasteiger partial charge in [-0.2, -0.15) is 0 Å². The van der Waals surface area contributed by atoms with Gasteiger partial charge in [0.25, 0.3) is 15.6 Å². The number of furan rings is 1. The molecule has 0 saturated carbocycles. The molecule has 142 valence electrons. The van der Waals surface area contributed by atoms with Crippen molar-refractivity contribution in [3.8, 4) is 0 Å². The monoisotopic (exact) mass is 398 g/mol. The van der Waals surface area contributed by atoms with Crippen LogP contribution in [0.25, 0.3) is 10.9 Å². The summed E-state index contributed by atoms with van der Waals surface area (Å²) in [7, 11) is -4.08. The molecule has 0 aliphatic rings. The fraction of sp³-hybridized carbons (Fsp3) is 0.0556. The summed E-state index contributed by atoms with van der Waals surface area (Å²) in [6.45, 7) is -0.0770. The number of hydrogen-bond donors (Lipinski definition) is 2. The lowest BCUT2D eigenvalue weighted by molar-refractivity contribution is 0.508. The van der Waals surface area contributed by atoms with Crippen LogP contribution in [-0.2, 0) is 16.6 Å². The molecule has 0 saturated heterocycles. The molecule has 9 nitrogen and oxygen atoms in total. The number of benzene rings is 1. The molecule has 0 aliphatic carbocycles. The Morgan fingerprint density at radius 3 is 2.61 bits per heavy atom. The lowest BCUT2D eigenvalue weighted by Crippen LogP contribution is -2.31. The third kappa shape index (κ3) is 3.21. The molecule has 0 atom stereocenters. The highest BCUT2D eigenvalue weighted by atomic mass is 32.2. The largest absolute Gasteiger partial charge is 0.467 e. The van der Waals surface area contributed by atoms with Crippen molar-refractivity contribution in [2.45, 2.75) is 11.4 Å². The second-order valence-corrected chi connectivity index (χ2v) is 7.76. The highest BCUT2D eigenvalue weighted by Crippen LogP contribution is 2.25. The van der Waals surface area contributed by atoms with Gasteiger partial charge in [-0.1, -0.05) is 6.07 Å². The third-order valence-electron chi connectivity index (χ3n) is 4.08. The summed E-state index contributed by atoms with van der Waals surface area (Å²) >= 11 is 0. The molecule has 3 aromatic heterocycles. The standard InChI is InChI=1S/C18H14N4O5S/c23-17-14-10-13(6-7-15(14)20-18(24)21-17)28(25,26)22(11-12-4-3-9-27-12)16-5-1-2-8-19-16/h1-10H,11H2,(H2,20,21,23,24). The second kappa shape index (κ2) is 6.82. The number of nitrogens with zero attached hydrogens (tertiary/aromatic N) is 2. The predicted octanol–water partition coefficient (Wildman–Crippen LogP) is 1.60. The number of H-pyrrole nitrogens is 2. The number of pyridine rings is 1. The average Bonchev–Trinajstić information content (AvgIpc) is 3.19. The molecule has 4 aromatic rings. The summed E-state index contributed by atoms with van der Waals surface area (Å²) in [5.74, 6) is 0.631. The Labute approximate surface area is 158 Å². The van der Waals surface area contributed by atoms with E-state index in [9.17, 15) is 18.0 Å². The molecule has 4 rings (SSSR count). The molecule has 0 amide bonds. The highest BCUT2D eigenvalue weighted by Gasteiger charge is 2.27. The van der Waals surface area contributed by atoms with Crippen LogP contribution in [0.5, 0.6) is 0 Å². The van der Waals surface area contributed by atoms with Crippen molar-refractivity contribution in [3.05, 3.63) is 87.6 Å². The van der Waals surface area contributed by atoms with Gasteiger partial charge in [-0.3, -0.25) is 9.78 Å². The zero-order valence-electron chi connectivity index (χ0n) is 14.3. The van der Waals surface area contributed by atoms with Crippen molar-refractivity contribution in [2.24, 2.45) is 0 Å². The van der Waals surface area contributed by atoms with Gasteiger partial charge in [0.05, 0.1) is 28.6 Å². The van der Waals surface area contributed by atoms with Crippen molar-refractivity contribution in [2.75, 3.05) is 4.31 Å². The minimum absolute atomic E-state index is 0.0552. The minimum Gasteiger partial charge on any atom is -0.467 e. The first-order chi connectivity index (χ1) is 13.4. The van der Waals surface area contributed by atoms with E-state index in [2.05, 4.69) is 15.0 Å². The first kappa shape index (κ1) is 17.7. The number of anilines is 1. The van der Waals surface area contributed by atoms with Gasteiger partial charge >= 0.3 is 5.69 Å². The lowest BCUT2D eigenvalue weighted by Gasteiger charge is -2.22. The van der Waals surface area contributed by atoms with Gasteiger partial charge in [-0.25, -0.2) is 22.5 Å². The van der Waals surface area contributed by atoms with Crippen molar-refractivity contribution in [1.82, 2.24) is 15.0 Å². The van der Waals surface area contributed by atoms with Crippen LogP contribution in [0.1, 0.15) is 5.76 Å². The van der Waals surface area contributed by atoms with Crippen LogP contribution in [0.3, 0.4) is 0 Å². The van der Waals surface area contributed by atoms with Gasteiger partial charge in [0.1, 0.15) is 11.6 Å². The van der Waals surface area contributed by atoms with Crippen LogP contribution < -0.4 is 15.6 Å². The molecule has 0 spiro atoms. The Morgan fingerprint density at radius 2 is 1.89 bits per heavy atom. The topological polar surface area (TPSA) is 129 Å². The summed E-state index contributed by atoms with van der Waals surface area (Å²) in [5, 5.41) is 0.0552. The van der Waals surface area contributed by atoms with E-state index >= 15 is 0 Å². The Hall–Kier alpha value is -3.66. The van der Waals surface area contributed by atoms with Gasteiger partial charge in [-0.05, 0) is 42.5 Å². The van der Waals surface area contributed by atoms with Gasteiger partial charge in [0.15, 0.2) is 0 Å². The van der Waals surface area contributed by atoms with E-state index in [1.807, 2.05) is 0 Å². The third-order valence-corrected chi connectivity index (χ3v) is 5.83. The molecular formula is C18H14N4O5S. The molecule has 0 bridgehead atoms. The van der Waals surface area contributed by atoms with Crippen LogP contribution in [0.4, 0.5) is 5.82 Å². The van der Waals surface area contributed by atoms with Crippen molar-refractivity contribution in [3.63, 3.8) is 0 Å². The number of aromatic amines is 2. The van der Waals surface area contributed by atoms with E-state index in [1.165, 1.54) is 30.7 Å². The van der Waals surface area contributed by atoms with E-state index in [0.29, 0.717) is 5.76 Å². The smallest absolute Gasteiger partial charge is 0.326 e. The number of hydrogen-bond acceptors (Lipinski definition) is 6. The Bertz CT molecular complexity index is 1340. The van der Waals surface area contributed by atoms with Crippen LogP contribution in [-0.4, -0.2) is 23.4 Å². The predicted molar refractivity (Wildman–Crippen MR) is 102 cm³/mol. The number of aromatic nitrogens is 3. The Morgan fingerprint density at radius 1 is 1.04 bits per heavy atom. The molecule has 0 aliphatic heterocycles. The quantitative estimate of drug-likeness (QED) is 0.525. The Balaban J connectivity index is 1.86. The van der Waals surface area contributed by atoms with Crippen LogP contribution in [0.2, 0.25) is 0 Å². The minimum atomic E-state index is -4.08. The van der Waals surface area contributed by atoms with Gasteiger partial charge in [0.2, 0.25) is 0 Å². The fourth-order valence-electron chi connectivity index (χ4n) is 2.77. The molecule has 0 fully saturated rings. The second-order valence-electron chi connectivity index (χ2n) is 5.89. The van der Waals surface area contributed by atoms with Crippen LogP contribution in [0.15, 0.2) is 79.9 Å². The molecule has 3 heterocycles. The van der Waals surface area contributed by atoms with Crippen molar-refractivity contribution < 1.29 is 12.8 Å². The molecule has 28 heavy (non-hydrogen) atoms. The first-order valence-electron chi connectivity index (χ1n) is 8.18. The number of rotatable bonds is 5. The Kier molecular flexibility index (Phi) is 4.32. The summed E-state index contributed by atoms with van der Waals surface area (Å²) in [4.78, 5) is 32.0. The maximum absolute atomic E-state index is 13.3. The normalized spacial score (nSPS) is 11.6. The van der Waals surface area contributed by atoms with E-state index in [1.54, 1.807) is 30.3 Å². The molecule has 1 aromatic carbocycles. The molecule has 0 unspecified atom stereocenters. The molecular weight excluding hydrogens is 384 g/mol. The fourth-order valence-corrected chi connectivity index (χ4v) is 4.18. The van der Waals surface area contributed by atoms with E-state index in [4.69, 9.17) is 4.42 Å². The zero-order chi connectivity index (χ0) is 19.7. The highest BCUT2D eigenvalue weighted by molar-refractivity contribution is 7.92. The van der Waals surface area contributed by atoms with E-state index in [0.717, 1.165) is 4.31 Å².